The highest BCUT2D eigenvalue weighted by atomic mass is 32.2. The van der Waals surface area contributed by atoms with Crippen molar-refractivity contribution in [1.82, 2.24) is 4.57 Å². The molecule has 28 heavy (non-hydrogen) atoms. The van der Waals surface area contributed by atoms with Crippen LogP contribution in [0.15, 0.2) is 69.3 Å². The van der Waals surface area contributed by atoms with Crippen molar-refractivity contribution in [2.75, 3.05) is 13.4 Å². The third kappa shape index (κ3) is 4.03. The quantitative estimate of drug-likeness (QED) is 0.551. The number of thiazole rings is 1. The fraction of sp³-hybridized carbons (Fsp3) is 0.167. The third-order valence-corrected chi connectivity index (χ3v) is 7.50. The maximum atomic E-state index is 12.7. The predicted molar refractivity (Wildman–Crippen MR) is 109 cm³/mol. The van der Waals surface area contributed by atoms with Gasteiger partial charge in [0.25, 0.3) is 10.0 Å². The summed E-state index contributed by atoms with van der Waals surface area (Å²) in [6, 6.07) is 10.6. The van der Waals surface area contributed by atoms with Crippen LogP contribution in [0.3, 0.4) is 0 Å². The molecule has 0 amide bonds. The minimum absolute atomic E-state index is 0.0349. The van der Waals surface area contributed by atoms with Gasteiger partial charge in [-0.3, -0.25) is 0 Å². The molecule has 0 fully saturated rings. The molecule has 0 saturated heterocycles. The van der Waals surface area contributed by atoms with Crippen LogP contribution in [0.2, 0.25) is 0 Å². The molecule has 0 aliphatic heterocycles. The minimum atomic E-state index is -3.96. The zero-order valence-corrected chi connectivity index (χ0v) is 17.6. The number of fused-ring (bicyclic) bond motifs is 1. The lowest BCUT2D eigenvalue weighted by molar-refractivity contribution is 0.414. The average Bonchev–Trinajstić information content (AvgIpc) is 2.97. The van der Waals surface area contributed by atoms with E-state index in [4.69, 9.17) is 4.74 Å². The topological polar surface area (TPSA) is 94.8 Å². The summed E-state index contributed by atoms with van der Waals surface area (Å²) in [5, 5.41) is 0. The fourth-order valence-corrected chi connectivity index (χ4v) is 5.57. The number of aromatic nitrogens is 1. The molecule has 0 aliphatic carbocycles. The molecule has 7 nitrogen and oxygen atoms in total. The molecule has 0 radical (unpaired) electrons. The molecule has 3 rings (SSSR count). The SMILES string of the molecule is C=CCn1c(=NS(=O)(=O)c2ccc(OC)cc2)sc2cc(S(C)(=O)=O)ccc21. The van der Waals surface area contributed by atoms with Gasteiger partial charge in [0.2, 0.25) is 4.80 Å². The van der Waals surface area contributed by atoms with Gasteiger partial charge in [0.05, 0.1) is 27.1 Å². The number of sulfone groups is 1. The van der Waals surface area contributed by atoms with Crippen molar-refractivity contribution in [1.29, 1.82) is 0 Å². The smallest absolute Gasteiger partial charge is 0.285 e. The van der Waals surface area contributed by atoms with Gasteiger partial charge in [-0.2, -0.15) is 8.42 Å². The van der Waals surface area contributed by atoms with Gasteiger partial charge in [-0.1, -0.05) is 17.4 Å². The highest BCUT2D eigenvalue weighted by Gasteiger charge is 2.16. The van der Waals surface area contributed by atoms with E-state index in [1.54, 1.807) is 28.8 Å². The second-order valence-corrected chi connectivity index (χ2v) is 10.6. The molecule has 10 heteroatoms. The van der Waals surface area contributed by atoms with Crippen LogP contribution in [0.5, 0.6) is 5.75 Å². The molecule has 0 aliphatic rings. The van der Waals surface area contributed by atoms with Gasteiger partial charge in [-0.15, -0.1) is 11.0 Å². The largest absolute Gasteiger partial charge is 0.497 e. The lowest BCUT2D eigenvalue weighted by Crippen LogP contribution is -2.16. The van der Waals surface area contributed by atoms with E-state index in [0.29, 0.717) is 22.5 Å². The standard InChI is InChI=1S/C18H18N2O5S3/c1-4-11-20-16-10-9-15(27(3,21)22)12-17(16)26-18(20)19-28(23,24)14-7-5-13(25-2)6-8-14/h4-10,12H,1,11H2,2-3H3. The molecule has 3 aromatic rings. The minimum Gasteiger partial charge on any atom is -0.497 e. The van der Waals surface area contributed by atoms with Gasteiger partial charge in [-0.05, 0) is 42.5 Å². The fourth-order valence-electron chi connectivity index (χ4n) is 2.56. The van der Waals surface area contributed by atoms with E-state index < -0.39 is 19.9 Å². The van der Waals surface area contributed by atoms with Gasteiger partial charge in [0.15, 0.2) is 9.84 Å². The maximum absolute atomic E-state index is 12.7. The van der Waals surface area contributed by atoms with E-state index in [-0.39, 0.29) is 14.6 Å². The summed E-state index contributed by atoms with van der Waals surface area (Å²) in [5.74, 6) is 0.538. The Morgan fingerprint density at radius 3 is 2.32 bits per heavy atom. The van der Waals surface area contributed by atoms with Crippen molar-refractivity contribution in [3.8, 4) is 5.75 Å². The van der Waals surface area contributed by atoms with Crippen molar-refractivity contribution in [2.24, 2.45) is 4.40 Å². The Hall–Kier alpha value is -2.43. The molecule has 1 heterocycles. The first-order valence-electron chi connectivity index (χ1n) is 8.05. The second kappa shape index (κ2) is 7.53. The summed E-state index contributed by atoms with van der Waals surface area (Å²) in [4.78, 5) is 0.431. The van der Waals surface area contributed by atoms with E-state index >= 15 is 0 Å². The predicted octanol–water partition coefficient (Wildman–Crippen LogP) is 2.59. The van der Waals surface area contributed by atoms with E-state index in [1.165, 1.54) is 31.4 Å². The third-order valence-electron chi connectivity index (χ3n) is 3.95. The van der Waals surface area contributed by atoms with E-state index in [0.717, 1.165) is 17.6 Å². The van der Waals surface area contributed by atoms with Crippen molar-refractivity contribution in [3.05, 3.63) is 59.9 Å². The molecular weight excluding hydrogens is 420 g/mol. The van der Waals surface area contributed by atoms with Crippen LogP contribution in [-0.4, -0.2) is 34.8 Å². The number of nitrogens with zero attached hydrogens (tertiary/aromatic N) is 2. The molecule has 0 atom stereocenters. The Morgan fingerprint density at radius 1 is 1.11 bits per heavy atom. The first-order valence-corrected chi connectivity index (χ1v) is 12.2. The maximum Gasteiger partial charge on any atom is 0.285 e. The van der Waals surface area contributed by atoms with Gasteiger partial charge in [-0.25, -0.2) is 8.42 Å². The number of methoxy groups -OCH3 is 1. The van der Waals surface area contributed by atoms with Crippen LogP contribution in [0, 0.1) is 0 Å². The lowest BCUT2D eigenvalue weighted by Gasteiger charge is -2.03. The van der Waals surface area contributed by atoms with Crippen molar-refractivity contribution >= 4 is 41.4 Å². The molecule has 0 bridgehead atoms. The summed E-state index contributed by atoms with van der Waals surface area (Å²) in [6.45, 7) is 4.03. The Labute approximate surface area is 167 Å². The van der Waals surface area contributed by atoms with Gasteiger partial charge >= 0.3 is 0 Å². The summed E-state index contributed by atoms with van der Waals surface area (Å²) in [5.41, 5.74) is 0.681. The average molecular weight is 439 g/mol. The van der Waals surface area contributed by atoms with Crippen LogP contribution in [0.25, 0.3) is 10.2 Å². The molecule has 0 spiro atoms. The number of rotatable bonds is 6. The van der Waals surface area contributed by atoms with Gasteiger partial charge in [0.1, 0.15) is 5.75 Å². The van der Waals surface area contributed by atoms with Crippen molar-refractivity contribution in [2.45, 2.75) is 16.3 Å². The molecule has 148 valence electrons. The summed E-state index contributed by atoms with van der Waals surface area (Å²) in [7, 11) is -5.84. The van der Waals surface area contributed by atoms with Crippen LogP contribution < -0.4 is 9.54 Å². The molecule has 0 N–H and O–H groups in total. The molecule has 2 aromatic carbocycles. The van der Waals surface area contributed by atoms with E-state index in [2.05, 4.69) is 11.0 Å². The first-order chi connectivity index (χ1) is 13.2. The number of benzene rings is 2. The lowest BCUT2D eigenvalue weighted by atomic mass is 10.3. The Bertz CT molecular complexity index is 1320. The van der Waals surface area contributed by atoms with Crippen LogP contribution in [0.1, 0.15) is 0 Å². The monoisotopic (exact) mass is 438 g/mol. The summed E-state index contributed by atoms with van der Waals surface area (Å²) in [6.07, 6.45) is 2.74. The number of hydrogen-bond donors (Lipinski definition) is 0. The number of hydrogen-bond acceptors (Lipinski definition) is 6. The van der Waals surface area contributed by atoms with E-state index in [9.17, 15) is 16.8 Å². The van der Waals surface area contributed by atoms with Crippen LogP contribution in [0.4, 0.5) is 0 Å². The van der Waals surface area contributed by atoms with Gasteiger partial charge in [0, 0.05) is 12.8 Å². The zero-order valence-electron chi connectivity index (χ0n) is 15.2. The zero-order chi connectivity index (χ0) is 20.5. The van der Waals surface area contributed by atoms with Crippen LogP contribution in [-0.2, 0) is 26.4 Å². The Morgan fingerprint density at radius 2 is 1.75 bits per heavy atom. The van der Waals surface area contributed by atoms with Crippen LogP contribution >= 0.6 is 11.3 Å². The Balaban J connectivity index is 2.22. The Kier molecular flexibility index (Phi) is 5.46. The summed E-state index contributed by atoms with van der Waals surface area (Å²) >= 11 is 1.10. The second-order valence-electron chi connectivity index (χ2n) is 5.93. The molecule has 0 unspecified atom stereocenters. The molecular formula is C18H18N2O5S3. The normalized spacial score (nSPS) is 13.0. The molecule has 1 aromatic heterocycles. The number of allylic oxidation sites excluding steroid dienone is 1. The van der Waals surface area contributed by atoms with Gasteiger partial charge < -0.3 is 9.30 Å². The van der Waals surface area contributed by atoms with Crippen molar-refractivity contribution in [3.63, 3.8) is 0 Å². The summed E-state index contributed by atoms with van der Waals surface area (Å²) < 4.78 is 60.4. The highest BCUT2D eigenvalue weighted by molar-refractivity contribution is 7.90. The number of sulfonamides is 1. The van der Waals surface area contributed by atoms with Crippen molar-refractivity contribution < 1.29 is 21.6 Å². The number of ether oxygens (including phenoxy) is 1. The first kappa shape index (κ1) is 20.3. The molecule has 0 saturated carbocycles. The highest BCUT2D eigenvalue weighted by Crippen LogP contribution is 2.23. The van der Waals surface area contributed by atoms with E-state index in [1.807, 2.05) is 0 Å².